The zero-order valence-corrected chi connectivity index (χ0v) is 17.1. The number of hydrogen-bond donors (Lipinski definition) is 0. The van der Waals surface area contributed by atoms with Gasteiger partial charge in [0, 0.05) is 0 Å². The summed E-state index contributed by atoms with van der Waals surface area (Å²) in [4.78, 5) is 3.49. The lowest BCUT2D eigenvalue weighted by molar-refractivity contribution is 1.48. The van der Waals surface area contributed by atoms with Crippen molar-refractivity contribution in [3.63, 3.8) is 0 Å². The first-order valence-electron chi connectivity index (χ1n) is 10.5. The van der Waals surface area contributed by atoms with Gasteiger partial charge >= 0.3 is 0 Å². The largest absolute Gasteiger partial charge is 0.238 e. The summed E-state index contributed by atoms with van der Waals surface area (Å²) in [6, 6.07) is 35.3. The lowest BCUT2D eigenvalue weighted by Gasteiger charge is -2.09. The van der Waals surface area contributed by atoms with E-state index in [4.69, 9.17) is 11.8 Å². The van der Waals surface area contributed by atoms with Gasteiger partial charge in [0.15, 0.2) is 5.69 Å². The van der Waals surface area contributed by atoms with Gasteiger partial charge in [0.1, 0.15) is 0 Å². The molecule has 0 radical (unpaired) electrons. The third-order valence-electron chi connectivity index (χ3n) is 6.30. The zero-order chi connectivity index (χ0) is 21.7. The molecule has 6 rings (SSSR count). The van der Waals surface area contributed by atoms with Crippen molar-refractivity contribution < 1.29 is 0 Å². The number of nitriles is 1. The highest BCUT2D eigenvalue weighted by molar-refractivity contribution is 6.19. The van der Waals surface area contributed by atoms with E-state index >= 15 is 0 Å². The molecule has 1 aliphatic carbocycles. The Morgan fingerprint density at radius 2 is 1.25 bits per heavy atom. The number of rotatable bonds is 2. The monoisotopic (exact) mass is 404 g/mol. The molecule has 0 bridgehead atoms. The van der Waals surface area contributed by atoms with Crippen molar-refractivity contribution in [3.05, 3.63) is 114 Å². The third-order valence-corrected chi connectivity index (χ3v) is 6.30. The van der Waals surface area contributed by atoms with Crippen LogP contribution >= 0.6 is 0 Å². The molecule has 0 saturated heterocycles. The minimum absolute atomic E-state index is 0.655. The maximum absolute atomic E-state index is 9.12. The Morgan fingerprint density at radius 3 is 2.00 bits per heavy atom. The molecule has 0 aliphatic heterocycles. The number of fused-ring (bicyclic) bond motifs is 3. The van der Waals surface area contributed by atoms with Crippen molar-refractivity contribution in [3.8, 4) is 50.6 Å². The van der Waals surface area contributed by atoms with Crippen LogP contribution in [0.2, 0.25) is 0 Å². The quantitative estimate of drug-likeness (QED) is 0.267. The molecule has 0 amide bonds. The molecule has 0 heterocycles. The second-order valence-electron chi connectivity index (χ2n) is 8.00. The summed E-state index contributed by atoms with van der Waals surface area (Å²) in [6.45, 7) is 7.17. The predicted octanol–water partition coefficient (Wildman–Crippen LogP) is 8.24. The van der Waals surface area contributed by atoms with Crippen LogP contribution in [-0.4, -0.2) is 0 Å². The summed E-state index contributed by atoms with van der Waals surface area (Å²) >= 11 is 0. The van der Waals surface area contributed by atoms with E-state index in [0.717, 1.165) is 16.7 Å². The van der Waals surface area contributed by atoms with Crippen LogP contribution in [-0.2, 0) is 0 Å². The minimum Gasteiger partial charge on any atom is -0.238 e. The van der Waals surface area contributed by atoms with Gasteiger partial charge in [-0.25, -0.2) is 4.85 Å². The number of benzene rings is 5. The molecule has 0 N–H and O–H groups in total. The standard InChI is InChI=1S/C30H16N2/c1-32-23-12-9-20(10-13-23)22-11-14-25-28-16-15-24(21-7-5-19(18-31)6-8-21)26-3-2-4-27(30(26)28)29(25)17-22/h2-17H. The Hall–Kier alpha value is -4.66. The molecule has 0 atom stereocenters. The van der Waals surface area contributed by atoms with Gasteiger partial charge in [0.05, 0.1) is 18.2 Å². The topological polar surface area (TPSA) is 28.1 Å². The molecule has 5 aromatic rings. The van der Waals surface area contributed by atoms with E-state index in [2.05, 4.69) is 59.4 Å². The summed E-state index contributed by atoms with van der Waals surface area (Å²) in [6.07, 6.45) is 0. The molecule has 2 heteroatoms. The molecular formula is C30H16N2. The zero-order valence-electron chi connectivity index (χ0n) is 17.1. The summed E-state index contributed by atoms with van der Waals surface area (Å²) in [5.41, 5.74) is 10.9. The van der Waals surface area contributed by atoms with E-state index in [1.165, 1.54) is 38.6 Å². The molecule has 0 saturated carbocycles. The normalized spacial score (nSPS) is 11.1. The number of nitrogens with zero attached hydrogens (tertiary/aromatic N) is 2. The van der Waals surface area contributed by atoms with Gasteiger partial charge in [0.25, 0.3) is 0 Å². The Kier molecular flexibility index (Phi) is 3.94. The summed E-state index contributed by atoms with van der Waals surface area (Å²) in [5.74, 6) is 0. The maximum Gasteiger partial charge on any atom is 0.187 e. The lowest BCUT2D eigenvalue weighted by Crippen LogP contribution is -1.84. The van der Waals surface area contributed by atoms with E-state index in [1.54, 1.807) is 0 Å². The van der Waals surface area contributed by atoms with Gasteiger partial charge < -0.3 is 0 Å². The highest BCUT2D eigenvalue weighted by Crippen LogP contribution is 2.50. The first kappa shape index (κ1) is 18.1. The smallest absolute Gasteiger partial charge is 0.187 e. The number of hydrogen-bond acceptors (Lipinski definition) is 1. The van der Waals surface area contributed by atoms with Gasteiger partial charge in [-0.15, -0.1) is 0 Å². The van der Waals surface area contributed by atoms with E-state index < -0.39 is 0 Å². The van der Waals surface area contributed by atoms with Gasteiger partial charge in [-0.1, -0.05) is 78.9 Å². The SMILES string of the molecule is [C-]#[N+]c1ccc(-c2ccc3c(c2)-c2cccc4c(-c5ccc(C#N)cc5)ccc-3c24)cc1. The van der Waals surface area contributed by atoms with Crippen LogP contribution in [0.4, 0.5) is 5.69 Å². The summed E-state index contributed by atoms with van der Waals surface area (Å²) in [7, 11) is 0. The van der Waals surface area contributed by atoms with Crippen LogP contribution < -0.4 is 0 Å². The molecule has 0 spiro atoms. The highest BCUT2D eigenvalue weighted by Gasteiger charge is 2.23. The van der Waals surface area contributed by atoms with Crippen molar-refractivity contribution in [2.24, 2.45) is 0 Å². The molecule has 1 aliphatic rings. The Bertz CT molecular complexity index is 1610. The highest BCUT2D eigenvalue weighted by atomic mass is 14.6. The van der Waals surface area contributed by atoms with Crippen LogP contribution in [0.1, 0.15) is 5.56 Å². The van der Waals surface area contributed by atoms with Crippen LogP contribution in [0.5, 0.6) is 0 Å². The van der Waals surface area contributed by atoms with Crippen LogP contribution in [0, 0.1) is 17.9 Å². The van der Waals surface area contributed by atoms with Crippen molar-refractivity contribution in [1.29, 1.82) is 5.26 Å². The molecular weight excluding hydrogens is 388 g/mol. The molecule has 2 nitrogen and oxygen atoms in total. The van der Waals surface area contributed by atoms with E-state index in [-0.39, 0.29) is 0 Å². The molecule has 0 aromatic heterocycles. The van der Waals surface area contributed by atoms with Gasteiger partial charge in [-0.2, -0.15) is 5.26 Å². The summed E-state index contributed by atoms with van der Waals surface area (Å²) in [5, 5.41) is 11.6. The first-order chi connectivity index (χ1) is 15.8. The third kappa shape index (κ3) is 2.64. The molecule has 146 valence electrons. The average molecular weight is 404 g/mol. The van der Waals surface area contributed by atoms with Crippen molar-refractivity contribution >= 4 is 16.5 Å². The average Bonchev–Trinajstić information content (AvgIpc) is 3.19. The van der Waals surface area contributed by atoms with Crippen molar-refractivity contribution in [2.75, 3.05) is 0 Å². The maximum atomic E-state index is 9.12. The van der Waals surface area contributed by atoms with Gasteiger partial charge in [-0.05, 0) is 73.5 Å². The first-order valence-corrected chi connectivity index (χ1v) is 10.5. The van der Waals surface area contributed by atoms with Crippen LogP contribution in [0.3, 0.4) is 0 Å². The Labute approximate surface area is 186 Å². The van der Waals surface area contributed by atoms with Crippen molar-refractivity contribution in [2.45, 2.75) is 0 Å². The lowest BCUT2D eigenvalue weighted by atomic mass is 9.94. The molecule has 5 aromatic carbocycles. The van der Waals surface area contributed by atoms with E-state index in [1.807, 2.05) is 48.5 Å². The Morgan fingerprint density at radius 1 is 0.594 bits per heavy atom. The predicted molar refractivity (Wildman–Crippen MR) is 130 cm³/mol. The van der Waals surface area contributed by atoms with Crippen LogP contribution in [0.15, 0.2) is 97.1 Å². The fourth-order valence-electron chi connectivity index (χ4n) is 4.74. The second kappa shape index (κ2) is 6.95. The van der Waals surface area contributed by atoms with E-state index in [0.29, 0.717) is 11.3 Å². The summed E-state index contributed by atoms with van der Waals surface area (Å²) < 4.78 is 0. The Balaban J connectivity index is 1.52. The fraction of sp³-hybridized carbons (Fsp3) is 0. The van der Waals surface area contributed by atoms with E-state index in [9.17, 15) is 0 Å². The van der Waals surface area contributed by atoms with Crippen LogP contribution in [0.25, 0.3) is 60.1 Å². The second-order valence-corrected chi connectivity index (χ2v) is 8.00. The van der Waals surface area contributed by atoms with Crippen molar-refractivity contribution in [1.82, 2.24) is 0 Å². The molecule has 0 unspecified atom stereocenters. The molecule has 32 heavy (non-hydrogen) atoms. The molecule has 0 fully saturated rings. The minimum atomic E-state index is 0.655. The van der Waals surface area contributed by atoms with Gasteiger partial charge in [-0.3, -0.25) is 0 Å². The van der Waals surface area contributed by atoms with Gasteiger partial charge in [0.2, 0.25) is 0 Å². The fourth-order valence-corrected chi connectivity index (χ4v) is 4.74.